The van der Waals surface area contributed by atoms with Crippen molar-refractivity contribution in [3.63, 3.8) is 0 Å². The van der Waals surface area contributed by atoms with Gasteiger partial charge in [0.15, 0.2) is 0 Å². The molecule has 0 aromatic heterocycles. The third kappa shape index (κ3) is 8.44. The molecule has 0 N–H and O–H groups in total. The Bertz CT molecular complexity index is 1120. The van der Waals surface area contributed by atoms with Gasteiger partial charge in [-0.2, -0.15) is 22.0 Å². The zero-order valence-corrected chi connectivity index (χ0v) is 21.6. The summed E-state index contributed by atoms with van der Waals surface area (Å²) in [7, 11) is 0. The fourth-order valence-corrected chi connectivity index (χ4v) is 4.33. The number of hydrogen-bond donors (Lipinski definition) is 0. The van der Waals surface area contributed by atoms with Crippen LogP contribution in [0.15, 0.2) is 84.9 Å². The van der Waals surface area contributed by atoms with Gasteiger partial charge in [0.05, 0.1) is 6.61 Å². The summed E-state index contributed by atoms with van der Waals surface area (Å²) in [6, 6.07) is 28.8. The highest BCUT2D eigenvalue weighted by atomic mass is 19.4. The highest BCUT2D eigenvalue weighted by Crippen LogP contribution is 2.39. The van der Waals surface area contributed by atoms with Crippen molar-refractivity contribution in [1.82, 2.24) is 0 Å². The lowest BCUT2D eigenvalue weighted by molar-refractivity contribution is -0.284. The van der Waals surface area contributed by atoms with Gasteiger partial charge < -0.3 is 4.74 Å². The predicted molar refractivity (Wildman–Crippen MR) is 144 cm³/mol. The summed E-state index contributed by atoms with van der Waals surface area (Å²) in [5.41, 5.74) is 5.91. The van der Waals surface area contributed by atoms with E-state index in [4.69, 9.17) is 4.74 Å². The first-order valence-electron chi connectivity index (χ1n) is 13.1. The van der Waals surface area contributed by atoms with Crippen molar-refractivity contribution in [2.75, 3.05) is 6.61 Å². The van der Waals surface area contributed by atoms with Crippen LogP contribution >= 0.6 is 0 Å². The standard InChI is InChI=1S/C32H34F5O/c1-2-29(25-15-9-7-10-16-25)30(26-17-11-8-12-18-26)27-19-21-28(22-20-27)38-24-14-6-4-3-5-13-23-31(33,34)32(35,36)37/h5,7-12,15-22H,2-4,6,13-14,23-24H2,1H3/b30-29+. The molecule has 0 amide bonds. The lowest BCUT2D eigenvalue weighted by atomic mass is 9.88. The van der Waals surface area contributed by atoms with E-state index < -0.39 is 18.5 Å². The van der Waals surface area contributed by atoms with E-state index in [9.17, 15) is 22.0 Å². The lowest BCUT2D eigenvalue weighted by Crippen LogP contribution is -2.36. The first kappa shape index (κ1) is 29.4. The van der Waals surface area contributed by atoms with E-state index in [2.05, 4.69) is 55.5 Å². The number of halogens is 5. The van der Waals surface area contributed by atoms with Crippen molar-refractivity contribution < 1.29 is 26.7 Å². The maximum absolute atomic E-state index is 12.9. The molecule has 3 rings (SSSR count). The molecule has 0 aliphatic carbocycles. The molecule has 0 atom stereocenters. The topological polar surface area (TPSA) is 9.23 Å². The van der Waals surface area contributed by atoms with Gasteiger partial charge in [0.25, 0.3) is 0 Å². The average Bonchev–Trinajstić information content (AvgIpc) is 2.91. The molecule has 0 fully saturated rings. The second-order valence-corrected chi connectivity index (χ2v) is 9.19. The van der Waals surface area contributed by atoms with Crippen LogP contribution in [0.3, 0.4) is 0 Å². The Hall–Kier alpha value is -3.15. The number of hydrogen-bond acceptors (Lipinski definition) is 1. The van der Waals surface area contributed by atoms with Crippen LogP contribution in [0.5, 0.6) is 5.75 Å². The number of rotatable bonds is 14. The zero-order valence-electron chi connectivity index (χ0n) is 21.6. The van der Waals surface area contributed by atoms with E-state index in [1.165, 1.54) is 23.1 Å². The highest BCUT2D eigenvalue weighted by Gasteiger charge is 2.56. The molecule has 0 aliphatic heterocycles. The molecule has 0 spiro atoms. The van der Waals surface area contributed by atoms with Crippen molar-refractivity contribution in [1.29, 1.82) is 0 Å². The van der Waals surface area contributed by atoms with E-state index in [-0.39, 0.29) is 6.42 Å². The van der Waals surface area contributed by atoms with Gasteiger partial charge >= 0.3 is 12.1 Å². The summed E-state index contributed by atoms with van der Waals surface area (Å²) in [6.45, 7) is 2.68. The molecule has 0 bridgehead atoms. The van der Waals surface area contributed by atoms with Crippen LogP contribution < -0.4 is 4.74 Å². The molecule has 203 valence electrons. The maximum Gasteiger partial charge on any atom is 0.453 e. The van der Waals surface area contributed by atoms with Gasteiger partial charge in [-0.05, 0) is 65.7 Å². The summed E-state index contributed by atoms with van der Waals surface area (Å²) >= 11 is 0. The summed E-state index contributed by atoms with van der Waals surface area (Å²) in [6.07, 6.45) is -1.70. The van der Waals surface area contributed by atoms with Gasteiger partial charge in [-0.15, -0.1) is 0 Å². The quantitative estimate of drug-likeness (QED) is 0.115. The molecule has 38 heavy (non-hydrogen) atoms. The third-order valence-electron chi connectivity index (χ3n) is 6.38. The van der Waals surface area contributed by atoms with Gasteiger partial charge in [-0.25, -0.2) is 0 Å². The first-order valence-corrected chi connectivity index (χ1v) is 13.1. The van der Waals surface area contributed by atoms with Crippen molar-refractivity contribution in [2.24, 2.45) is 0 Å². The fourth-order valence-electron chi connectivity index (χ4n) is 4.33. The Morgan fingerprint density at radius 1 is 0.684 bits per heavy atom. The Morgan fingerprint density at radius 3 is 1.84 bits per heavy atom. The molecular formula is C32H34F5O. The minimum Gasteiger partial charge on any atom is -0.494 e. The highest BCUT2D eigenvalue weighted by molar-refractivity contribution is 5.98. The lowest BCUT2D eigenvalue weighted by Gasteiger charge is -2.19. The minimum atomic E-state index is -5.48. The minimum absolute atomic E-state index is 0.251. The van der Waals surface area contributed by atoms with Crippen LogP contribution in [0.25, 0.3) is 11.1 Å². The largest absolute Gasteiger partial charge is 0.494 e. The smallest absolute Gasteiger partial charge is 0.453 e. The number of unbranched alkanes of at least 4 members (excludes halogenated alkanes) is 5. The van der Waals surface area contributed by atoms with Crippen molar-refractivity contribution in [2.45, 2.75) is 64.0 Å². The molecule has 0 saturated carbocycles. The van der Waals surface area contributed by atoms with Crippen LogP contribution in [0.2, 0.25) is 0 Å². The molecule has 3 aromatic carbocycles. The molecule has 0 aliphatic rings. The van der Waals surface area contributed by atoms with Crippen LogP contribution in [0.4, 0.5) is 22.0 Å². The molecule has 0 heterocycles. The van der Waals surface area contributed by atoms with Gasteiger partial charge in [0.1, 0.15) is 5.75 Å². The Morgan fingerprint density at radius 2 is 1.26 bits per heavy atom. The van der Waals surface area contributed by atoms with Gasteiger partial charge in [-0.3, -0.25) is 0 Å². The van der Waals surface area contributed by atoms with E-state index in [1.807, 2.05) is 36.4 Å². The average molecular weight is 530 g/mol. The third-order valence-corrected chi connectivity index (χ3v) is 6.38. The second-order valence-electron chi connectivity index (χ2n) is 9.19. The summed E-state index contributed by atoms with van der Waals surface area (Å²) < 4.78 is 68.2. The van der Waals surface area contributed by atoms with E-state index in [1.54, 1.807) is 0 Å². The summed E-state index contributed by atoms with van der Waals surface area (Å²) in [4.78, 5) is 0. The number of benzene rings is 3. The van der Waals surface area contributed by atoms with Crippen molar-refractivity contribution >= 4 is 11.1 Å². The van der Waals surface area contributed by atoms with Gasteiger partial charge in [0, 0.05) is 6.42 Å². The van der Waals surface area contributed by atoms with Crippen molar-refractivity contribution in [3.05, 3.63) is 108 Å². The van der Waals surface area contributed by atoms with Crippen LogP contribution in [0.1, 0.15) is 68.6 Å². The number of allylic oxidation sites excluding steroid dienone is 1. The first-order chi connectivity index (χ1) is 18.2. The fraction of sp³-hybridized carbons (Fsp3) is 0.344. The summed E-state index contributed by atoms with van der Waals surface area (Å²) in [5.74, 6) is -3.86. The second kappa shape index (κ2) is 14.1. The monoisotopic (exact) mass is 529 g/mol. The van der Waals surface area contributed by atoms with E-state index >= 15 is 0 Å². The van der Waals surface area contributed by atoms with Gasteiger partial charge in [-0.1, -0.05) is 99.0 Å². The number of ether oxygens (including phenoxy) is 1. The SMILES string of the molecule is CC/C(=C(/c1ccccc1)c1ccc(OCCCCC[CH]CCC(F)(F)C(F)(F)F)cc1)c1ccccc1. The molecule has 1 radical (unpaired) electrons. The summed E-state index contributed by atoms with van der Waals surface area (Å²) in [5, 5.41) is 0. The number of alkyl halides is 5. The van der Waals surface area contributed by atoms with E-state index in [0.29, 0.717) is 13.0 Å². The Balaban J connectivity index is 1.51. The van der Waals surface area contributed by atoms with Crippen LogP contribution in [-0.4, -0.2) is 18.7 Å². The molecule has 6 heteroatoms. The maximum atomic E-state index is 12.9. The Kier molecular flexibility index (Phi) is 10.9. The molecular weight excluding hydrogens is 495 g/mol. The molecule has 0 unspecified atom stereocenters. The zero-order chi connectivity index (χ0) is 27.4. The van der Waals surface area contributed by atoms with Crippen LogP contribution in [0, 0.1) is 6.42 Å². The van der Waals surface area contributed by atoms with E-state index in [0.717, 1.165) is 42.6 Å². The molecule has 1 nitrogen and oxygen atoms in total. The molecule has 0 saturated heterocycles. The van der Waals surface area contributed by atoms with Gasteiger partial charge in [0.2, 0.25) is 0 Å². The normalized spacial score (nSPS) is 12.8. The molecule has 3 aromatic rings. The van der Waals surface area contributed by atoms with Crippen LogP contribution in [-0.2, 0) is 0 Å². The Labute approximate surface area is 222 Å². The van der Waals surface area contributed by atoms with Crippen molar-refractivity contribution in [3.8, 4) is 5.75 Å². The predicted octanol–water partition coefficient (Wildman–Crippen LogP) is 10.2.